The minimum atomic E-state index is -3.57. The van der Waals surface area contributed by atoms with Crippen LogP contribution in [0.3, 0.4) is 0 Å². The van der Waals surface area contributed by atoms with Crippen molar-refractivity contribution in [2.24, 2.45) is 0 Å². The van der Waals surface area contributed by atoms with E-state index in [2.05, 4.69) is 4.72 Å². The van der Waals surface area contributed by atoms with Crippen LogP contribution in [0.2, 0.25) is 0 Å². The van der Waals surface area contributed by atoms with Gasteiger partial charge in [0.2, 0.25) is 10.0 Å². The van der Waals surface area contributed by atoms with Gasteiger partial charge in [0.05, 0.1) is 4.90 Å². The fourth-order valence-corrected chi connectivity index (χ4v) is 2.76. The van der Waals surface area contributed by atoms with Crippen molar-refractivity contribution in [1.29, 1.82) is 0 Å². The van der Waals surface area contributed by atoms with E-state index >= 15 is 0 Å². The summed E-state index contributed by atoms with van der Waals surface area (Å²) in [5, 5.41) is 0. The van der Waals surface area contributed by atoms with Crippen LogP contribution >= 0.6 is 0 Å². The Labute approximate surface area is 116 Å². The highest BCUT2D eigenvalue weighted by Gasteiger charge is 2.12. The molecule has 1 N–H and O–H groups in total. The van der Waals surface area contributed by atoms with Gasteiger partial charge in [-0.1, -0.05) is 24.3 Å². The number of rotatable bonds is 5. The molecule has 0 aliphatic heterocycles. The van der Waals surface area contributed by atoms with Gasteiger partial charge in [0.25, 0.3) is 0 Å². The Kier molecular flexibility index (Phi) is 4.46. The van der Waals surface area contributed by atoms with Crippen LogP contribution in [0.5, 0.6) is 0 Å². The maximum atomic E-state index is 13.0. The predicted octanol–water partition coefficient (Wildman–Crippen LogP) is 2.49. The second-order valence-electron chi connectivity index (χ2n) is 4.21. The molecule has 0 spiro atoms. The Bertz CT molecular complexity index is 688. The number of sulfonamides is 1. The molecule has 2 rings (SSSR count). The van der Waals surface area contributed by atoms with E-state index in [-0.39, 0.29) is 17.9 Å². The minimum absolute atomic E-state index is 0.113. The lowest BCUT2D eigenvalue weighted by Gasteiger charge is -2.07. The van der Waals surface area contributed by atoms with Crippen molar-refractivity contribution < 1.29 is 17.2 Å². The first-order valence-corrected chi connectivity index (χ1v) is 7.46. The van der Waals surface area contributed by atoms with E-state index in [0.29, 0.717) is 5.56 Å². The summed E-state index contributed by atoms with van der Waals surface area (Å²) in [5.74, 6) is -1.85. The fraction of sp³-hybridized carbons (Fsp3) is 0.143. The smallest absolute Gasteiger partial charge is 0.211 e. The van der Waals surface area contributed by atoms with Gasteiger partial charge in [-0.3, -0.25) is 0 Å². The minimum Gasteiger partial charge on any atom is -0.211 e. The number of hydrogen-bond acceptors (Lipinski definition) is 2. The second kappa shape index (κ2) is 6.11. The lowest BCUT2D eigenvalue weighted by Crippen LogP contribution is -2.25. The summed E-state index contributed by atoms with van der Waals surface area (Å²) in [5.41, 5.74) is 0.527. The average Bonchev–Trinajstić information content (AvgIpc) is 2.44. The van der Waals surface area contributed by atoms with E-state index in [1.165, 1.54) is 18.2 Å². The quantitative estimate of drug-likeness (QED) is 0.921. The summed E-state index contributed by atoms with van der Waals surface area (Å²) in [6, 6.07) is 11.5. The highest BCUT2D eigenvalue weighted by Crippen LogP contribution is 2.10. The first-order chi connectivity index (χ1) is 9.49. The van der Waals surface area contributed by atoms with E-state index in [1.54, 1.807) is 18.2 Å². The molecule has 0 aliphatic carbocycles. The molecule has 0 amide bonds. The summed E-state index contributed by atoms with van der Waals surface area (Å²) in [6.45, 7) is 0.113. The monoisotopic (exact) mass is 297 g/mol. The van der Waals surface area contributed by atoms with E-state index < -0.39 is 21.7 Å². The van der Waals surface area contributed by atoms with E-state index in [1.807, 2.05) is 0 Å². The molecule has 20 heavy (non-hydrogen) atoms. The third-order valence-electron chi connectivity index (χ3n) is 2.74. The molecule has 3 nitrogen and oxygen atoms in total. The molecule has 6 heteroatoms. The number of hydrogen-bond donors (Lipinski definition) is 1. The standard InChI is InChI=1S/C14H13F2NO2S/c15-13-7-6-11(10-14(13)16)8-9-17-20(18,19)12-4-2-1-3-5-12/h1-7,10,17H,8-9H2. The Morgan fingerprint density at radius 3 is 2.30 bits per heavy atom. The Morgan fingerprint density at radius 1 is 0.950 bits per heavy atom. The summed E-state index contributed by atoms with van der Waals surface area (Å²) >= 11 is 0. The van der Waals surface area contributed by atoms with Crippen LogP contribution in [0, 0.1) is 11.6 Å². The zero-order valence-electron chi connectivity index (χ0n) is 10.5. The molecular formula is C14H13F2NO2S. The largest absolute Gasteiger partial charge is 0.240 e. The summed E-state index contributed by atoms with van der Waals surface area (Å²) < 4.78 is 51.9. The van der Waals surface area contributed by atoms with Crippen molar-refractivity contribution >= 4 is 10.0 Å². The maximum Gasteiger partial charge on any atom is 0.240 e. The lowest BCUT2D eigenvalue weighted by atomic mass is 10.1. The van der Waals surface area contributed by atoms with Crippen molar-refractivity contribution in [2.45, 2.75) is 11.3 Å². The molecule has 0 fully saturated rings. The Hall–Kier alpha value is -1.79. The highest BCUT2D eigenvalue weighted by molar-refractivity contribution is 7.89. The van der Waals surface area contributed by atoms with Gasteiger partial charge in [-0.2, -0.15) is 0 Å². The molecule has 0 radical (unpaired) electrons. The molecular weight excluding hydrogens is 284 g/mol. The van der Waals surface area contributed by atoms with Crippen molar-refractivity contribution in [3.63, 3.8) is 0 Å². The molecule has 0 saturated heterocycles. The zero-order valence-corrected chi connectivity index (χ0v) is 11.3. The fourth-order valence-electron chi connectivity index (χ4n) is 1.71. The first kappa shape index (κ1) is 14.6. The van der Waals surface area contributed by atoms with Crippen molar-refractivity contribution in [1.82, 2.24) is 4.72 Å². The van der Waals surface area contributed by atoms with Crippen LogP contribution in [0.1, 0.15) is 5.56 Å². The van der Waals surface area contributed by atoms with Crippen molar-refractivity contribution in [3.8, 4) is 0 Å². The van der Waals surface area contributed by atoms with E-state index in [0.717, 1.165) is 12.1 Å². The number of nitrogens with one attached hydrogen (secondary N) is 1. The van der Waals surface area contributed by atoms with Crippen LogP contribution in [0.15, 0.2) is 53.4 Å². The average molecular weight is 297 g/mol. The molecule has 0 bridgehead atoms. The zero-order chi connectivity index (χ0) is 14.6. The third-order valence-corrected chi connectivity index (χ3v) is 4.22. The molecule has 2 aromatic carbocycles. The van der Waals surface area contributed by atoms with Crippen LogP contribution < -0.4 is 4.72 Å². The highest BCUT2D eigenvalue weighted by atomic mass is 32.2. The molecule has 0 saturated carbocycles. The van der Waals surface area contributed by atoms with Crippen LogP contribution in [-0.4, -0.2) is 15.0 Å². The SMILES string of the molecule is O=S(=O)(NCCc1ccc(F)c(F)c1)c1ccccc1. The van der Waals surface area contributed by atoms with Crippen molar-refractivity contribution in [3.05, 3.63) is 65.7 Å². The third kappa shape index (κ3) is 3.61. The number of halogens is 2. The van der Waals surface area contributed by atoms with Crippen LogP contribution in [0.25, 0.3) is 0 Å². The maximum absolute atomic E-state index is 13.0. The molecule has 0 unspecified atom stereocenters. The van der Waals surface area contributed by atoms with Gasteiger partial charge in [0, 0.05) is 6.54 Å². The molecule has 0 atom stereocenters. The first-order valence-electron chi connectivity index (χ1n) is 5.98. The summed E-state index contributed by atoms with van der Waals surface area (Å²) in [7, 11) is -3.57. The number of benzene rings is 2. The molecule has 106 valence electrons. The van der Waals surface area contributed by atoms with Gasteiger partial charge < -0.3 is 0 Å². The summed E-state index contributed by atoms with van der Waals surface area (Å²) in [4.78, 5) is 0.172. The van der Waals surface area contributed by atoms with Gasteiger partial charge in [-0.25, -0.2) is 21.9 Å². The lowest BCUT2D eigenvalue weighted by molar-refractivity contribution is 0.507. The van der Waals surface area contributed by atoms with Gasteiger partial charge in [-0.15, -0.1) is 0 Å². The molecule has 0 aliphatic rings. The second-order valence-corrected chi connectivity index (χ2v) is 5.98. The van der Waals surface area contributed by atoms with Crippen LogP contribution in [-0.2, 0) is 16.4 Å². The Balaban J connectivity index is 1.97. The normalized spacial score (nSPS) is 11.5. The Morgan fingerprint density at radius 2 is 1.65 bits per heavy atom. The van der Waals surface area contributed by atoms with E-state index in [4.69, 9.17) is 0 Å². The topological polar surface area (TPSA) is 46.2 Å². The van der Waals surface area contributed by atoms with Gasteiger partial charge >= 0.3 is 0 Å². The van der Waals surface area contributed by atoms with Crippen molar-refractivity contribution in [2.75, 3.05) is 6.54 Å². The van der Waals surface area contributed by atoms with Gasteiger partial charge in [-0.05, 0) is 36.2 Å². The molecule has 0 heterocycles. The van der Waals surface area contributed by atoms with E-state index in [9.17, 15) is 17.2 Å². The summed E-state index contributed by atoms with van der Waals surface area (Å²) in [6.07, 6.45) is 0.281. The van der Waals surface area contributed by atoms with Gasteiger partial charge in [0.1, 0.15) is 0 Å². The molecule has 0 aromatic heterocycles. The van der Waals surface area contributed by atoms with Crippen LogP contribution in [0.4, 0.5) is 8.78 Å². The predicted molar refractivity (Wildman–Crippen MR) is 71.7 cm³/mol. The van der Waals surface area contributed by atoms with Gasteiger partial charge in [0.15, 0.2) is 11.6 Å². The molecule has 2 aromatic rings.